The van der Waals surface area contributed by atoms with Crippen molar-refractivity contribution >= 4 is 45.3 Å². The van der Waals surface area contributed by atoms with E-state index in [1.807, 2.05) is 35.1 Å². The van der Waals surface area contributed by atoms with Crippen LogP contribution in [0.3, 0.4) is 0 Å². The van der Waals surface area contributed by atoms with E-state index in [-0.39, 0.29) is 0 Å². The topological polar surface area (TPSA) is 25.8 Å². The van der Waals surface area contributed by atoms with Gasteiger partial charge in [0.1, 0.15) is 0 Å². The van der Waals surface area contributed by atoms with Crippen LogP contribution < -0.4 is 0 Å². The average Bonchev–Trinajstić information content (AvgIpc) is 3.80. The fraction of sp³-hybridized carbons (Fsp3) is 0.0588. The maximum Gasteiger partial charge on any atom is 0.0992 e. The Labute approximate surface area is 250 Å². The van der Waals surface area contributed by atoms with Crippen LogP contribution in [0.1, 0.15) is 11.1 Å². The van der Waals surface area contributed by atoms with E-state index in [4.69, 9.17) is 4.98 Å². The summed E-state index contributed by atoms with van der Waals surface area (Å²) in [7, 11) is 0. The molecule has 0 saturated carbocycles. The summed E-state index contributed by atoms with van der Waals surface area (Å²) < 4.78 is 0. The van der Waals surface area contributed by atoms with Crippen LogP contribution in [0.5, 0.6) is 0 Å². The third-order valence-corrected chi connectivity index (χ3v) is 11.6. The van der Waals surface area contributed by atoms with Gasteiger partial charge in [-0.05, 0) is 73.5 Å². The molecule has 0 atom stereocenters. The Bertz CT molecular complexity index is 1780. The third-order valence-electron chi connectivity index (χ3n) is 6.72. The monoisotopic (exact) mass is 588 g/mol. The summed E-state index contributed by atoms with van der Waals surface area (Å²) >= 11 is 7.20. The van der Waals surface area contributed by atoms with Crippen molar-refractivity contribution in [1.29, 1.82) is 0 Å². The summed E-state index contributed by atoms with van der Waals surface area (Å²) in [5, 5.41) is 0. The lowest BCUT2D eigenvalue weighted by Gasteiger charge is -2.00. The van der Waals surface area contributed by atoms with E-state index in [9.17, 15) is 0 Å². The van der Waals surface area contributed by atoms with Gasteiger partial charge >= 0.3 is 0 Å². The fourth-order valence-electron chi connectivity index (χ4n) is 4.51. The van der Waals surface area contributed by atoms with E-state index in [2.05, 4.69) is 116 Å². The van der Waals surface area contributed by atoms with Crippen molar-refractivity contribution in [2.24, 2.45) is 0 Å². The molecule has 194 valence electrons. The summed E-state index contributed by atoms with van der Waals surface area (Å²) in [6, 6.07) is 35.1. The number of hydrogen-bond acceptors (Lipinski definition) is 6. The molecule has 0 N–H and O–H groups in total. The van der Waals surface area contributed by atoms with Gasteiger partial charge < -0.3 is 0 Å². The molecule has 0 saturated heterocycles. The Morgan fingerprint density at radius 2 is 0.700 bits per heavy atom. The zero-order chi connectivity index (χ0) is 27.1. The van der Waals surface area contributed by atoms with Gasteiger partial charge in [0, 0.05) is 29.3 Å². The van der Waals surface area contributed by atoms with Crippen molar-refractivity contribution in [2.75, 3.05) is 0 Å². The van der Waals surface area contributed by atoms with Crippen LogP contribution in [0, 0.1) is 13.8 Å². The van der Waals surface area contributed by atoms with Crippen LogP contribution in [0.25, 0.3) is 61.5 Å². The van der Waals surface area contributed by atoms with Gasteiger partial charge in [0.15, 0.2) is 0 Å². The summed E-state index contributed by atoms with van der Waals surface area (Å²) in [6.45, 7) is 4.25. The molecule has 6 heteroatoms. The predicted octanol–water partition coefficient (Wildman–Crippen LogP) is 11.3. The highest BCUT2D eigenvalue weighted by Crippen LogP contribution is 2.42. The van der Waals surface area contributed by atoms with Crippen LogP contribution in [0.2, 0.25) is 0 Å². The first-order valence-electron chi connectivity index (χ1n) is 13.0. The Morgan fingerprint density at radius 1 is 0.375 bits per heavy atom. The number of rotatable bonds is 6. The molecule has 0 radical (unpaired) electrons. The average molecular weight is 589 g/mol. The molecule has 0 unspecified atom stereocenters. The van der Waals surface area contributed by atoms with Crippen LogP contribution >= 0.6 is 45.3 Å². The molecular formula is C34H24N2S4. The first-order chi connectivity index (χ1) is 19.6. The van der Waals surface area contributed by atoms with Crippen molar-refractivity contribution in [3.05, 3.63) is 121 Å². The first-order valence-corrected chi connectivity index (χ1v) is 16.2. The fourth-order valence-corrected chi connectivity index (χ4v) is 8.63. The molecule has 5 heterocycles. The van der Waals surface area contributed by atoms with Crippen molar-refractivity contribution < 1.29 is 0 Å². The van der Waals surface area contributed by atoms with Crippen LogP contribution in [-0.2, 0) is 0 Å². The molecule has 40 heavy (non-hydrogen) atoms. The normalized spacial score (nSPS) is 11.2. The predicted molar refractivity (Wildman–Crippen MR) is 176 cm³/mol. The Balaban J connectivity index is 1.11. The number of thiophene rings is 4. The lowest BCUT2D eigenvalue weighted by molar-refractivity contribution is 1.22. The molecule has 0 spiro atoms. The molecule has 2 aromatic carbocycles. The first kappa shape index (κ1) is 25.3. The van der Waals surface area contributed by atoms with Gasteiger partial charge in [-0.15, -0.1) is 45.3 Å². The van der Waals surface area contributed by atoms with Gasteiger partial charge in [0.2, 0.25) is 0 Å². The van der Waals surface area contributed by atoms with Gasteiger partial charge in [-0.25, -0.2) is 4.98 Å². The molecule has 7 rings (SSSR count). The molecule has 0 aliphatic heterocycles. The maximum atomic E-state index is 5.01. The molecule has 7 aromatic rings. The minimum atomic E-state index is 0.914. The molecule has 0 aliphatic carbocycles. The van der Waals surface area contributed by atoms with Crippen molar-refractivity contribution in [3.63, 3.8) is 0 Å². The summed E-state index contributed by atoms with van der Waals surface area (Å²) in [6.07, 6.45) is 3.74. The quantitative estimate of drug-likeness (QED) is 0.193. The minimum absolute atomic E-state index is 0.914. The van der Waals surface area contributed by atoms with E-state index in [1.165, 1.54) is 51.5 Å². The second-order valence-electron chi connectivity index (χ2n) is 9.68. The lowest BCUT2D eigenvalue weighted by atomic mass is 10.1. The highest BCUT2D eigenvalue weighted by atomic mass is 32.1. The Morgan fingerprint density at radius 3 is 1.10 bits per heavy atom. The van der Waals surface area contributed by atoms with Crippen molar-refractivity contribution in [3.8, 4) is 61.5 Å². The zero-order valence-corrected chi connectivity index (χ0v) is 25.2. The van der Waals surface area contributed by atoms with Gasteiger partial charge in [-0.3, -0.25) is 4.98 Å². The zero-order valence-electron chi connectivity index (χ0n) is 21.9. The van der Waals surface area contributed by atoms with Crippen molar-refractivity contribution in [1.82, 2.24) is 9.97 Å². The molecule has 0 fully saturated rings. The highest BCUT2D eigenvalue weighted by molar-refractivity contribution is 7.25. The summed E-state index contributed by atoms with van der Waals surface area (Å²) in [4.78, 5) is 19.5. The van der Waals surface area contributed by atoms with E-state index >= 15 is 0 Å². The SMILES string of the molecule is Cc1ccc(-c2ccc(-c3ccc(-c4cncc(-c5ccc(-c6ccc(-c7ccc(C)cc7)s6)s5)n4)s3)s2)cc1. The van der Waals surface area contributed by atoms with Gasteiger partial charge in [0.25, 0.3) is 0 Å². The number of benzene rings is 2. The largest absolute Gasteiger partial charge is 0.260 e. The second-order valence-corrected chi connectivity index (χ2v) is 14.0. The molecular weight excluding hydrogens is 565 g/mol. The Hall–Kier alpha value is -3.68. The number of hydrogen-bond donors (Lipinski definition) is 0. The van der Waals surface area contributed by atoms with Crippen LogP contribution in [0.15, 0.2) is 109 Å². The van der Waals surface area contributed by atoms with E-state index in [0.717, 1.165) is 21.1 Å². The third kappa shape index (κ3) is 5.11. The number of nitrogens with zero attached hydrogens (tertiary/aromatic N) is 2. The van der Waals surface area contributed by atoms with Gasteiger partial charge in [0.05, 0.1) is 33.5 Å². The van der Waals surface area contributed by atoms with Crippen LogP contribution in [-0.4, -0.2) is 9.97 Å². The smallest absolute Gasteiger partial charge is 0.0992 e. The molecule has 0 aliphatic rings. The number of aromatic nitrogens is 2. The second kappa shape index (κ2) is 10.7. The van der Waals surface area contributed by atoms with E-state index in [1.54, 1.807) is 22.7 Å². The maximum absolute atomic E-state index is 5.01. The summed E-state index contributed by atoms with van der Waals surface area (Å²) in [5.41, 5.74) is 6.92. The lowest BCUT2D eigenvalue weighted by Crippen LogP contribution is -1.86. The van der Waals surface area contributed by atoms with E-state index in [0.29, 0.717) is 0 Å². The minimum Gasteiger partial charge on any atom is -0.260 e. The Kier molecular flexibility index (Phi) is 6.77. The van der Waals surface area contributed by atoms with Gasteiger partial charge in [-0.2, -0.15) is 0 Å². The summed E-state index contributed by atoms with van der Waals surface area (Å²) in [5.74, 6) is 0. The van der Waals surface area contributed by atoms with Crippen LogP contribution in [0.4, 0.5) is 0 Å². The van der Waals surface area contributed by atoms with E-state index < -0.39 is 0 Å². The molecule has 0 amide bonds. The highest BCUT2D eigenvalue weighted by Gasteiger charge is 2.13. The number of aryl methyl sites for hydroxylation is 2. The van der Waals surface area contributed by atoms with Gasteiger partial charge in [-0.1, -0.05) is 59.7 Å². The molecule has 5 aromatic heterocycles. The molecule has 0 bridgehead atoms. The standard InChI is InChI=1S/C34H24N2S4/c1-21-3-7-23(8-4-21)27-11-15-31(37-27)33-17-13-29(39-33)25-19-35-20-26(36-25)30-14-18-34(40-30)32-16-12-28(38-32)24-9-5-22(2)6-10-24/h3-20H,1-2H3. The molecule has 2 nitrogen and oxygen atoms in total. The van der Waals surface area contributed by atoms with Crippen molar-refractivity contribution in [2.45, 2.75) is 13.8 Å².